The van der Waals surface area contributed by atoms with Gasteiger partial charge in [0.2, 0.25) is 0 Å². The quantitative estimate of drug-likeness (QED) is 0.611. The Hall–Kier alpha value is -1.63. The van der Waals surface area contributed by atoms with Crippen molar-refractivity contribution < 1.29 is 13.5 Å². The van der Waals surface area contributed by atoms with Gasteiger partial charge in [-0.15, -0.1) is 0 Å². The molecule has 0 amide bonds. The molecule has 0 aromatic heterocycles. The summed E-state index contributed by atoms with van der Waals surface area (Å²) in [5.74, 6) is -1.52. The van der Waals surface area contributed by atoms with Crippen LogP contribution in [0.1, 0.15) is 11.1 Å². The second-order valence-electron chi connectivity index (χ2n) is 2.73. The molecule has 0 saturated carbocycles. The summed E-state index contributed by atoms with van der Waals surface area (Å²) in [6.45, 7) is 0.310. The fourth-order valence-electron chi connectivity index (χ4n) is 1.42. The Labute approximate surface area is 73.4 Å². The summed E-state index contributed by atoms with van der Waals surface area (Å²) in [5, 5.41) is 8.61. The number of hydrogen-bond donors (Lipinski definition) is 0. The van der Waals surface area contributed by atoms with E-state index in [0.717, 1.165) is 0 Å². The Morgan fingerprint density at radius 3 is 2.85 bits per heavy atom. The molecule has 0 N–H and O–H groups in total. The SMILES string of the molecule is N#Cc1c(F)cc(F)c2c1CCO2. The highest BCUT2D eigenvalue weighted by molar-refractivity contribution is 5.50. The van der Waals surface area contributed by atoms with E-state index < -0.39 is 11.6 Å². The summed E-state index contributed by atoms with van der Waals surface area (Å²) in [6.07, 6.45) is 0.396. The summed E-state index contributed by atoms with van der Waals surface area (Å²) in [6, 6.07) is 2.38. The smallest absolute Gasteiger partial charge is 0.168 e. The monoisotopic (exact) mass is 181 g/mol. The molecule has 0 radical (unpaired) electrons. The van der Waals surface area contributed by atoms with Crippen molar-refractivity contribution in [3.05, 3.63) is 28.8 Å². The predicted molar refractivity (Wildman–Crippen MR) is 40.3 cm³/mol. The topological polar surface area (TPSA) is 33.0 Å². The Bertz CT molecular complexity index is 409. The molecule has 0 aliphatic carbocycles. The van der Waals surface area contributed by atoms with Gasteiger partial charge < -0.3 is 4.74 Å². The van der Waals surface area contributed by atoms with Gasteiger partial charge in [0.05, 0.1) is 12.2 Å². The molecule has 4 heteroatoms. The molecule has 0 saturated heterocycles. The molecule has 0 unspecified atom stereocenters. The van der Waals surface area contributed by atoms with Crippen molar-refractivity contribution in [1.82, 2.24) is 0 Å². The molecule has 2 rings (SSSR count). The second-order valence-corrected chi connectivity index (χ2v) is 2.73. The minimum Gasteiger partial charge on any atom is -0.490 e. The van der Waals surface area contributed by atoms with Crippen LogP contribution < -0.4 is 4.74 Å². The summed E-state index contributed by atoms with van der Waals surface area (Å²) in [7, 11) is 0. The van der Waals surface area contributed by atoms with Crippen LogP contribution in [-0.4, -0.2) is 6.61 Å². The summed E-state index contributed by atoms with van der Waals surface area (Å²) in [5.41, 5.74) is 0.244. The van der Waals surface area contributed by atoms with Crippen LogP contribution in [0.3, 0.4) is 0 Å². The molecule has 2 nitrogen and oxygen atoms in total. The largest absolute Gasteiger partial charge is 0.490 e. The third-order valence-corrected chi connectivity index (χ3v) is 2.00. The third kappa shape index (κ3) is 1.04. The van der Waals surface area contributed by atoms with E-state index in [1.807, 2.05) is 0 Å². The average molecular weight is 181 g/mol. The molecule has 0 fully saturated rings. The van der Waals surface area contributed by atoms with Crippen LogP contribution in [0.2, 0.25) is 0 Å². The van der Waals surface area contributed by atoms with Gasteiger partial charge in [-0.05, 0) is 0 Å². The molecule has 1 aromatic carbocycles. The predicted octanol–water partition coefficient (Wildman–Crippen LogP) is 1.77. The molecule has 1 aliphatic rings. The number of fused-ring (bicyclic) bond motifs is 1. The van der Waals surface area contributed by atoms with Crippen LogP contribution in [0.5, 0.6) is 5.75 Å². The van der Waals surface area contributed by atoms with Crippen LogP contribution >= 0.6 is 0 Å². The fraction of sp³-hybridized carbons (Fsp3) is 0.222. The third-order valence-electron chi connectivity index (χ3n) is 2.00. The molecule has 0 bridgehead atoms. The lowest BCUT2D eigenvalue weighted by molar-refractivity contribution is 0.338. The Kier molecular flexibility index (Phi) is 1.66. The van der Waals surface area contributed by atoms with Crippen LogP contribution in [0.4, 0.5) is 8.78 Å². The van der Waals surface area contributed by atoms with Crippen molar-refractivity contribution in [2.24, 2.45) is 0 Å². The van der Waals surface area contributed by atoms with Gasteiger partial charge in [0.15, 0.2) is 11.6 Å². The highest BCUT2D eigenvalue weighted by atomic mass is 19.1. The second kappa shape index (κ2) is 2.70. The van der Waals surface area contributed by atoms with E-state index in [0.29, 0.717) is 24.7 Å². The van der Waals surface area contributed by atoms with E-state index in [1.165, 1.54) is 0 Å². The van der Waals surface area contributed by atoms with E-state index in [1.54, 1.807) is 6.07 Å². The fourth-order valence-corrected chi connectivity index (χ4v) is 1.42. The summed E-state index contributed by atoms with van der Waals surface area (Å²) < 4.78 is 30.9. The molecule has 66 valence electrons. The summed E-state index contributed by atoms with van der Waals surface area (Å²) in [4.78, 5) is 0. The van der Waals surface area contributed by atoms with Gasteiger partial charge in [-0.25, -0.2) is 8.78 Å². The standard InChI is InChI=1S/C9H5F2NO/c10-7-3-8(11)9-5(1-2-13-9)6(7)4-12/h3H,1-2H2. The number of hydrogen-bond acceptors (Lipinski definition) is 2. The van der Waals surface area contributed by atoms with Crippen LogP contribution in [0, 0.1) is 23.0 Å². The molecule has 0 atom stereocenters. The lowest BCUT2D eigenvalue weighted by Gasteiger charge is -2.02. The van der Waals surface area contributed by atoms with E-state index in [4.69, 9.17) is 10.00 Å². The molecular weight excluding hydrogens is 176 g/mol. The highest BCUT2D eigenvalue weighted by Crippen LogP contribution is 2.32. The zero-order chi connectivity index (χ0) is 9.42. The van der Waals surface area contributed by atoms with E-state index in [9.17, 15) is 8.78 Å². The Balaban J connectivity index is 2.74. The lowest BCUT2D eigenvalue weighted by atomic mass is 10.1. The number of ether oxygens (including phenoxy) is 1. The van der Waals surface area contributed by atoms with Gasteiger partial charge in [0.1, 0.15) is 11.9 Å². The number of rotatable bonds is 0. The van der Waals surface area contributed by atoms with Crippen molar-refractivity contribution in [3.63, 3.8) is 0 Å². The van der Waals surface area contributed by atoms with Gasteiger partial charge in [-0.2, -0.15) is 5.26 Å². The van der Waals surface area contributed by atoms with Gasteiger partial charge in [-0.3, -0.25) is 0 Å². The Morgan fingerprint density at radius 2 is 2.15 bits per heavy atom. The van der Waals surface area contributed by atoms with Crippen LogP contribution in [-0.2, 0) is 6.42 Å². The van der Waals surface area contributed by atoms with E-state index >= 15 is 0 Å². The number of benzene rings is 1. The van der Waals surface area contributed by atoms with Crippen molar-refractivity contribution in [2.75, 3.05) is 6.61 Å². The van der Waals surface area contributed by atoms with E-state index in [-0.39, 0.29) is 11.3 Å². The normalized spacial score (nSPS) is 13.3. The lowest BCUT2D eigenvalue weighted by Crippen LogP contribution is -1.93. The van der Waals surface area contributed by atoms with Crippen molar-refractivity contribution in [2.45, 2.75) is 6.42 Å². The van der Waals surface area contributed by atoms with Gasteiger partial charge >= 0.3 is 0 Å². The maximum Gasteiger partial charge on any atom is 0.168 e. The highest BCUT2D eigenvalue weighted by Gasteiger charge is 2.23. The van der Waals surface area contributed by atoms with E-state index in [2.05, 4.69) is 0 Å². The van der Waals surface area contributed by atoms with Crippen molar-refractivity contribution in [1.29, 1.82) is 5.26 Å². The molecule has 0 spiro atoms. The zero-order valence-corrected chi connectivity index (χ0v) is 6.60. The summed E-state index contributed by atoms with van der Waals surface area (Å²) >= 11 is 0. The van der Waals surface area contributed by atoms with Crippen LogP contribution in [0.25, 0.3) is 0 Å². The van der Waals surface area contributed by atoms with Crippen LogP contribution in [0.15, 0.2) is 6.07 Å². The number of nitriles is 1. The first-order valence-corrected chi connectivity index (χ1v) is 3.78. The minimum atomic E-state index is -0.816. The van der Waals surface area contributed by atoms with Gasteiger partial charge in [-0.1, -0.05) is 0 Å². The zero-order valence-electron chi connectivity index (χ0n) is 6.60. The number of halogens is 2. The molecule has 1 aliphatic heterocycles. The van der Waals surface area contributed by atoms with Gasteiger partial charge in [0.25, 0.3) is 0 Å². The van der Waals surface area contributed by atoms with Crippen molar-refractivity contribution >= 4 is 0 Å². The molecule has 13 heavy (non-hydrogen) atoms. The maximum atomic E-state index is 13.0. The average Bonchev–Trinajstić information content (AvgIpc) is 2.53. The van der Waals surface area contributed by atoms with Crippen molar-refractivity contribution in [3.8, 4) is 11.8 Å². The minimum absolute atomic E-state index is 0.0259. The molecule has 1 aromatic rings. The Morgan fingerprint density at radius 1 is 1.38 bits per heavy atom. The maximum absolute atomic E-state index is 13.0. The first-order valence-electron chi connectivity index (χ1n) is 3.78. The first kappa shape index (κ1) is 7.99. The first-order chi connectivity index (χ1) is 6.24. The number of nitrogens with zero attached hydrogens (tertiary/aromatic N) is 1. The molecular formula is C9H5F2NO. The van der Waals surface area contributed by atoms with Gasteiger partial charge in [0, 0.05) is 18.1 Å². The molecule has 1 heterocycles.